The SMILES string of the molecule is Cc1ccc(-n2c(C)cc([C@@H]3[C@H](c4ccccn4)NC(=S)N3c3ccc(NS(C)(=O)=O)cc3)c2C)nc1. The molecule has 8 nitrogen and oxygen atoms in total. The Morgan fingerprint density at radius 3 is 2.38 bits per heavy atom. The fourth-order valence-corrected chi connectivity index (χ4v) is 5.80. The smallest absolute Gasteiger partial charge is 0.229 e. The molecule has 1 fully saturated rings. The summed E-state index contributed by atoms with van der Waals surface area (Å²) in [5.74, 6) is 0.859. The van der Waals surface area contributed by atoms with Gasteiger partial charge < -0.3 is 14.8 Å². The minimum atomic E-state index is -3.37. The van der Waals surface area contributed by atoms with E-state index in [0.29, 0.717) is 10.8 Å². The highest BCUT2D eigenvalue weighted by Gasteiger charge is 2.42. The zero-order valence-electron chi connectivity index (χ0n) is 21.0. The maximum absolute atomic E-state index is 11.7. The van der Waals surface area contributed by atoms with Crippen molar-refractivity contribution in [3.63, 3.8) is 0 Å². The highest BCUT2D eigenvalue weighted by atomic mass is 32.2. The molecule has 10 heteroatoms. The lowest BCUT2D eigenvalue weighted by Crippen LogP contribution is -2.29. The quantitative estimate of drug-likeness (QED) is 0.347. The van der Waals surface area contributed by atoms with Gasteiger partial charge in [0.05, 0.1) is 24.0 Å². The summed E-state index contributed by atoms with van der Waals surface area (Å²) < 4.78 is 28.0. The summed E-state index contributed by atoms with van der Waals surface area (Å²) in [6.07, 6.45) is 4.78. The van der Waals surface area contributed by atoms with Crippen molar-refractivity contribution >= 4 is 38.7 Å². The van der Waals surface area contributed by atoms with Crippen LogP contribution in [0.5, 0.6) is 0 Å². The molecule has 1 aliphatic rings. The van der Waals surface area contributed by atoms with Crippen molar-refractivity contribution in [2.45, 2.75) is 32.9 Å². The van der Waals surface area contributed by atoms with Crippen LogP contribution in [-0.2, 0) is 10.0 Å². The lowest BCUT2D eigenvalue weighted by molar-refractivity contribution is 0.565. The average molecular weight is 533 g/mol. The number of rotatable bonds is 6. The normalized spacial score (nSPS) is 17.6. The zero-order valence-corrected chi connectivity index (χ0v) is 22.6. The molecular formula is C27H28N6O2S2. The van der Waals surface area contributed by atoms with Gasteiger partial charge in [-0.3, -0.25) is 9.71 Å². The third-order valence-corrected chi connectivity index (χ3v) is 7.38. The highest BCUT2D eigenvalue weighted by molar-refractivity contribution is 7.92. The monoisotopic (exact) mass is 532 g/mol. The van der Waals surface area contributed by atoms with E-state index in [4.69, 9.17) is 12.2 Å². The van der Waals surface area contributed by atoms with Gasteiger partial charge in [-0.2, -0.15) is 0 Å². The molecule has 1 aromatic carbocycles. The van der Waals surface area contributed by atoms with Crippen LogP contribution in [0.2, 0.25) is 0 Å². The number of hydrogen-bond donors (Lipinski definition) is 2. The molecule has 2 atom stereocenters. The molecule has 0 spiro atoms. The molecule has 37 heavy (non-hydrogen) atoms. The number of aromatic nitrogens is 3. The Morgan fingerprint density at radius 2 is 1.76 bits per heavy atom. The predicted molar refractivity (Wildman–Crippen MR) is 151 cm³/mol. The van der Waals surface area contributed by atoms with Gasteiger partial charge in [0, 0.05) is 35.2 Å². The summed E-state index contributed by atoms with van der Waals surface area (Å²) in [7, 11) is -3.37. The second kappa shape index (κ2) is 9.60. The van der Waals surface area contributed by atoms with Crippen LogP contribution in [0.15, 0.2) is 73.1 Å². The van der Waals surface area contributed by atoms with Gasteiger partial charge in [-0.25, -0.2) is 13.4 Å². The number of aryl methyl sites for hydroxylation is 2. The molecule has 5 rings (SSSR count). The Morgan fingerprint density at radius 1 is 1.00 bits per heavy atom. The van der Waals surface area contributed by atoms with Crippen LogP contribution in [0.1, 0.15) is 40.3 Å². The molecule has 0 amide bonds. The summed E-state index contributed by atoms with van der Waals surface area (Å²) in [4.78, 5) is 11.4. The highest BCUT2D eigenvalue weighted by Crippen LogP contribution is 2.43. The molecule has 0 radical (unpaired) electrons. The second-order valence-electron chi connectivity index (χ2n) is 9.27. The van der Waals surface area contributed by atoms with Gasteiger partial charge in [0.1, 0.15) is 5.82 Å². The Balaban J connectivity index is 1.62. The maximum atomic E-state index is 11.7. The van der Waals surface area contributed by atoms with E-state index in [-0.39, 0.29) is 12.1 Å². The van der Waals surface area contributed by atoms with E-state index in [1.165, 1.54) is 0 Å². The molecule has 1 aliphatic heterocycles. The van der Waals surface area contributed by atoms with Gasteiger partial charge in [0.25, 0.3) is 0 Å². The second-order valence-corrected chi connectivity index (χ2v) is 11.4. The Hall–Kier alpha value is -3.76. The molecule has 0 saturated carbocycles. The largest absolute Gasteiger partial charge is 0.351 e. The molecule has 3 aromatic heterocycles. The maximum Gasteiger partial charge on any atom is 0.229 e. The minimum Gasteiger partial charge on any atom is -0.351 e. The molecule has 0 unspecified atom stereocenters. The first kappa shape index (κ1) is 24.9. The first-order valence-electron chi connectivity index (χ1n) is 11.8. The van der Waals surface area contributed by atoms with Crippen LogP contribution in [0.25, 0.3) is 5.82 Å². The van der Waals surface area contributed by atoms with Gasteiger partial charge in [-0.1, -0.05) is 12.1 Å². The molecule has 4 aromatic rings. The Labute approximate surface area is 222 Å². The topological polar surface area (TPSA) is 92.2 Å². The van der Waals surface area contributed by atoms with E-state index >= 15 is 0 Å². The number of anilines is 2. The van der Waals surface area contributed by atoms with E-state index in [1.807, 2.05) is 49.5 Å². The van der Waals surface area contributed by atoms with E-state index in [2.05, 4.69) is 55.5 Å². The lowest BCUT2D eigenvalue weighted by atomic mass is 9.96. The van der Waals surface area contributed by atoms with Crippen LogP contribution in [0.4, 0.5) is 11.4 Å². The van der Waals surface area contributed by atoms with Gasteiger partial charge in [0.2, 0.25) is 10.0 Å². The fourth-order valence-electron chi connectivity index (χ4n) is 4.89. The summed E-state index contributed by atoms with van der Waals surface area (Å²) in [5, 5.41) is 4.05. The number of sulfonamides is 1. The molecule has 0 aliphatic carbocycles. The Kier molecular flexibility index (Phi) is 6.47. The number of thiocarbonyl (C=S) groups is 1. The number of benzene rings is 1. The first-order chi connectivity index (χ1) is 17.6. The first-order valence-corrected chi connectivity index (χ1v) is 14.1. The third kappa shape index (κ3) is 4.94. The van der Waals surface area contributed by atoms with E-state index in [9.17, 15) is 8.42 Å². The van der Waals surface area contributed by atoms with Crippen LogP contribution in [-0.4, -0.2) is 34.3 Å². The number of pyridine rings is 2. The minimum absolute atomic E-state index is 0.192. The Bertz CT molecular complexity index is 1550. The van der Waals surface area contributed by atoms with Crippen molar-refractivity contribution < 1.29 is 8.42 Å². The predicted octanol–water partition coefficient (Wildman–Crippen LogP) is 4.74. The molecule has 2 N–H and O–H groups in total. The van der Waals surface area contributed by atoms with Crippen molar-refractivity contribution in [3.05, 3.63) is 101 Å². The van der Waals surface area contributed by atoms with Crippen molar-refractivity contribution in [2.75, 3.05) is 15.9 Å². The number of hydrogen-bond acceptors (Lipinski definition) is 5. The molecule has 4 heterocycles. The van der Waals surface area contributed by atoms with Crippen LogP contribution in [0, 0.1) is 20.8 Å². The zero-order chi connectivity index (χ0) is 26.3. The van der Waals surface area contributed by atoms with Gasteiger partial charge in [0.15, 0.2) is 5.11 Å². The van der Waals surface area contributed by atoms with E-state index in [1.54, 1.807) is 18.3 Å². The summed E-state index contributed by atoms with van der Waals surface area (Å²) in [6.45, 7) is 6.19. The summed E-state index contributed by atoms with van der Waals surface area (Å²) in [5.41, 5.74) is 6.55. The summed E-state index contributed by atoms with van der Waals surface area (Å²) in [6, 6.07) is 19.0. The van der Waals surface area contributed by atoms with Crippen LogP contribution < -0.4 is 14.9 Å². The molecule has 190 valence electrons. The molecule has 1 saturated heterocycles. The summed E-state index contributed by atoms with van der Waals surface area (Å²) >= 11 is 5.84. The number of nitrogens with zero attached hydrogens (tertiary/aromatic N) is 4. The average Bonchev–Trinajstić information content (AvgIpc) is 3.35. The van der Waals surface area contributed by atoms with E-state index < -0.39 is 10.0 Å². The van der Waals surface area contributed by atoms with Gasteiger partial charge in [-0.15, -0.1) is 0 Å². The van der Waals surface area contributed by atoms with Gasteiger partial charge in [-0.05, 0) is 92.6 Å². The van der Waals surface area contributed by atoms with E-state index in [0.717, 1.165) is 46.0 Å². The van der Waals surface area contributed by atoms with Crippen molar-refractivity contribution in [3.8, 4) is 5.82 Å². The molecular weight excluding hydrogens is 504 g/mol. The molecule has 0 bridgehead atoms. The van der Waals surface area contributed by atoms with Crippen molar-refractivity contribution in [1.82, 2.24) is 19.9 Å². The van der Waals surface area contributed by atoms with Crippen LogP contribution in [0.3, 0.4) is 0 Å². The van der Waals surface area contributed by atoms with Crippen LogP contribution >= 0.6 is 12.2 Å². The number of nitrogens with one attached hydrogen (secondary N) is 2. The van der Waals surface area contributed by atoms with Gasteiger partial charge >= 0.3 is 0 Å². The standard InChI is InChI=1S/C27H28N6O2S2/c1-17-8-13-24(29-16-17)32-18(2)15-22(19(32)3)26-25(23-7-5-6-14-28-23)30-27(36)33(26)21-11-9-20(10-12-21)31-37(4,34)35/h5-16,25-26,31H,1-4H3,(H,30,36)/t25-,26+/m0/s1. The lowest BCUT2D eigenvalue weighted by Gasteiger charge is -2.28. The van der Waals surface area contributed by atoms with Crippen molar-refractivity contribution in [1.29, 1.82) is 0 Å². The fraction of sp³-hybridized carbons (Fsp3) is 0.222. The van der Waals surface area contributed by atoms with Crippen molar-refractivity contribution in [2.24, 2.45) is 0 Å². The third-order valence-electron chi connectivity index (χ3n) is 6.46.